The van der Waals surface area contributed by atoms with E-state index in [4.69, 9.17) is 5.11 Å². The average Bonchev–Trinajstić information content (AvgIpc) is 2.75. The van der Waals surface area contributed by atoms with E-state index in [1.54, 1.807) is 12.2 Å². The Morgan fingerprint density at radius 1 is 1.30 bits per heavy atom. The van der Waals surface area contributed by atoms with E-state index in [-0.39, 0.29) is 30.5 Å². The largest absolute Gasteiger partial charge is 0.481 e. The van der Waals surface area contributed by atoms with Gasteiger partial charge in [0.05, 0.1) is 12.2 Å². The Morgan fingerprint density at radius 3 is 2.70 bits per heavy atom. The summed E-state index contributed by atoms with van der Waals surface area (Å²) in [6.45, 7) is 2.11. The molecule has 0 amide bonds. The van der Waals surface area contributed by atoms with Crippen LogP contribution in [0.15, 0.2) is 12.2 Å². The Balaban J connectivity index is 2.48. The maximum absolute atomic E-state index is 12.0. The number of aliphatic carboxylic acids is 1. The second kappa shape index (κ2) is 10.6. The molecule has 1 aliphatic carbocycles. The van der Waals surface area contributed by atoms with E-state index >= 15 is 0 Å². The van der Waals surface area contributed by atoms with Gasteiger partial charge in [-0.2, -0.15) is 0 Å². The van der Waals surface area contributed by atoms with Crippen LogP contribution in [-0.4, -0.2) is 39.3 Å². The number of carboxylic acid groups (broad SMARTS) is 1. The van der Waals surface area contributed by atoms with Crippen LogP contribution in [0.25, 0.3) is 0 Å². The van der Waals surface area contributed by atoms with E-state index in [1.165, 1.54) is 0 Å². The average molecular weight is 326 g/mol. The van der Waals surface area contributed by atoms with Gasteiger partial charge in [0.2, 0.25) is 0 Å². The molecule has 4 atom stereocenters. The molecule has 0 aromatic rings. The fraction of sp³-hybridized carbons (Fsp3) is 0.778. The Morgan fingerprint density at radius 2 is 2.04 bits per heavy atom. The van der Waals surface area contributed by atoms with Crippen molar-refractivity contribution < 1.29 is 24.9 Å². The minimum Gasteiger partial charge on any atom is -0.481 e. The highest BCUT2D eigenvalue weighted by Crippen LogP contribution is 2.34. The van der Waals surface area contributed by atoms with Crippen LogP contribution in [0, 0.1) is 11.8 Å². The van der Waals surface area contributed by atoms with Gasteiger partial charge in [-0.05, 0) is 19.3 Å². The molecule has 0 saturated heterocycles. The van der Waals surface area contributed by atoms with E-state index in [9.17, 15) is 19.8 Å². The van der Waals surface area contributed by atoms with Gasteiger partial charge in [0.15, 0.2) is 0 Å². The number of ketones is 1. The molecule has 1 fully saturated rings. The lowest BCUT2D eigenvalue weighted by Gasteiger charge is -2.18. The van der Waals surface area contributed by atoms with Crippen LogP contribution in [-0.2, 0) is 9.59 Å². The number of carbonyl (C=O) groups excluding carboxylic acids is 1. The summed E-state index contributed by atoms with van der Waals surface area (Å²) < 4.78 is 0. The molecule has 5 nitrogen and oxygen atoms in total. The van der Waals surface area contributed by atoms with Crippen LogP contribution in [0.3, 0.4) is 0 Å². The Bertz CT molecular complexity index is 404. The van der Waals surface area contributed by atoms with Gasteiger partial charge in [-0.25, -0.2) is 0 Å². The number of carboxylic acids is 1. The van der Waals surface area contributed by atoms with Crippen molar-refractivity contribution in [2.45, 2.75) is 76.9 Å². The zero-order valence-electron chi connectivity index (χ0n) is 14.0. The zero-order chi connectivity index (χ0) is 17.2. The highest BCUT2D eigenvalue weighted by atomic mass is 16.4. The van der Waals surface area contributed by atoms with Gasteiger partial charge in [0.1, 0.15) is 5.78 Å². The van der Waals surface area contributed by atoms with Gasteiger partial charge in [-0.3, -0.25) is 9.59 Å². The van der Waals surface area contributed by atoms with E-state index in [0.717, 1.165) is 19.3 Å². The van der Waals surface area contributed by atoms with Crippen molar-refractivity contribution in [3.05, 3.63) is 12.2 Å². The monoisotopic (exact) mass is 326 g/mol. The summed E-state index contributed by atoms with van der Waals surface area (Å²) in [5.41, 5.74) is 0. The molecule has 1 aliphatic rings. The van der Waals surface area contributed by atoms with Crippen molar-refractivity contribution in [1.29, 1.82) is 0 Å². The quantitative estimate of drug-likeness (QED) is 0.401. The first-order chi connectivity index (χ1) is 11.0. The Hall–Kier alpha value is -1.20. The second-order valence-electron chi connectivity index (χ2n) is 6.51. The molecule has 23 heavy (non-hydrogen) atoms. The number of Topliss-reactive ketones (excluding diaryl/α,β-unsaturated/α-hetero) is 1. The minimum absolute atomic E-state index is 0.0444. The molecule has 132 valence electrons. The summed E-state index contributed by atoms with van der Waals surface area (Å²) in [5, 5.41) is 28.6. The topological polar surface area (TPSA) is 94.8 Å². The maximum atomic E-state index is 12.0. The number of aliphatic hydroxyl groups is 2. The smallest absolute Gasteiger partial charge is 0.303 e. The molecule has 1 unspecified atom stereocenters. The summed E-state index contributed by atoms with van der Waals surface area (Å²) in [6, 6.07) is 0. The van der Waals surface area contributed by atoms with E-state index in [2.05, 4.69) is 6.92 Å². The van der Waals surface area contributed by atoms with E-state index in [1.807, 2.05) is 0 Å². The van der Waals surface area contributed by atoms with Crippen molar-refractivity contribution in [3.8, 4) is 0 Å². The lowest BCUT2D eigenvalue weighted by molar-refractivity contribution is -0.137. The number of aliphatic hydroxyl groups excluding tert-OH is 2. The molecular weight excluding hydrogens is 296 g/mol. The van der Waals surface area contributed by atoms with Crippen LogP contribution >= 0.6 is 0 Å². The molecule has 3 N–H and O–H groups in total. The number of hydrogen-bond acceptors (Lipinski definition) is 4. The number of rotatable bonds is 11. The lowest BCUT2D eigenvalue weighted by Crippen LogP contribution is -2.19. The molecule has 0 heterocycles. The summed E-state index contributed by atoms with van der Waals surface area (Å²) in [6.07, 6.45) is 8.20. The number of carbonyl (C=O) groups is 2. The summed E-state index contributed by atoms with van der Waals surface area (Å²) >= 11 is 0. The van der Waals surface area contributed by atoms with Crippen molar-refractivity contribution in [3.63, 3.8) is 0 Å². The van der Waals surface area contributed by atoms with Crippen LogP contribution in [0.1, 0.15) is 64.7 Å². The third-order valence-electron chi connectivity index (χ3n) is 4.55. The van der Waals surface area contributed by atoms with Crippen molar-refractivity contribution in [1.82, 2.24) is 0 Å². The third kappa shape index (κ3) is 7.27. The SMILES string of the molecule is CCCCCC(O)C=C[C@H]1[C@H](O)CC(=O)[C@@H]1CCCCC(=O)O. The molecule has 0 spiro atoms. The molecule has 0 radical (unpaired) electrons. The molecule has 0 bridgehead atoms. The van der Waals surface area contributed by atoms with Gasteiger partial charge < -0.3 is 15.3 Å². The molecule has 0 aromatic heterocycles. The predicted octanol–water partition coefficient (Wildman–Crippen LogP) is 2.69. The van der Waals surface area contributed by atoms with Crippen LogP contribution in [0.5, 0.6) is 0 Å². The molecule has 1 rings (SSSR count). The predicted molar refractivity (Wildman–Crippen MR) is 88.0 cm³/mol. The van der Waals surface area contributed by atoms with Gasteiger partial charge in [0, 0.05) is 24.7 Å². The Labute approximate surface area is 138 Å². The first-order valence-corrected chi connectivity index (χ1v) is 8.74. The first kappa shape index (κ1) is 19.8. The number of hydrogen-bond donors (Lipinski definition) is 3. The standard InChI is InChI=1S/C18H30O5/c1-2-3-4-7-13(19)10-11-15-14(16(20)12-17(15)21)8-5-6-9-18(22)23/h10-11,13-15,17,19,21H,2-9,12H2,1H3,(H,22,23)/t13?,14-,15-,17-/m1/s1. The van der Waals surface area contributed by atoms with Crippen LogP contribution < -0.4 is 0 Å². The first-order valence-electron chi connectivity index (χ1n) is 8.74. The Kier molecular flexibility index (Phi) is 9.10. The van der Waals surface area contributed by atoms with E-state index in [0.29, 0.717) is 25.7 Å². The normalized spacial score (nSPS) is 26.0. The maximum Gasteiger partial charge on any atom is 0.303 e. The van der Waals surface area contributed by atoms with Crippen LogP contribution in [0.2, 0.25) is 0 Å². The fourth-order valence-corrected chi connectivity index (χ4v) is 3.19. The van der Waals surface area contributed by atoms with Gasteiger partial charge in [-0.15, -0.1) is 0 Å². The van der Waals surface area contributed by atoms with Crippen molar-refractivity contribution in [2.24, 2.45) is 11.8 Å². The highest BCUT2D eigenvalue weighted by molar-refractivity contribution is 5.84. The van der Waals surface area contributed by atoms with Gasteiger partial charge in [0.25, 0.3) is 0 Å². The number of unbranched alkanes of at least 4 members (excludes halogenated alkanes) is 3. The summed E-state index contributed by atoms with van der Waals surface area (Å²) in [5.74, 6) is -1.29. The van der Waals surface area contributed by atoms with Crippen molar-refractivity contribution >= 4 is 11.8 Å². The summed E-state index contributed by atoms with van der Waals surface area (Å²) in [4.78, 5) is 22.5. The summed E-state index contributed by atoms with van der Waals surface area (Å²) in [7, 11) is 0. The van der Waals surface area contributed by atoms with Gasteiger partial charge in [-0.1, -0.05) is 44.8 Å². The third-order valence-corrected chi connectivity index (χ3v) is 4.55. The fourth-order valence-electron chi connectivity index (χ4n) is 3.19. The second-order valence-corrected chi connectivity index (χ2v) is 6.51. The minimum atomic E-state index is -0.825. The lowest BCUT2D eigenvalue weighted by atomic mass is 9.88. The molecular formula is C18H30O5. The van der Waals surface area contributed by atoms with Gasteiger partial charge >= 0.3 is 5.97 Å². The molecule has 0 aliphatic heterocycles. The molecule has 0 aromatic carbocycles. The zero-order valence-corrected chi connectivity index (χ0v) is 14.0. The molecule has 5 heteroatoms. The highest BCUT2D eigenvalue weighted by Gasteiger charge is 2.39. The van der Waals surface area contributed by atoms with Crippen molar-refractivity contribution in [2.75, 3.05) is 0 Å². The van der Waals surface area contributed by atoms with Crippen LogP contribution in [0.4, 0.5) is 0 Å². The van der Waals surface area contributed by atoms with E-state index < -0.39 is 18.2 Å². The molecule has 1 saturated carbocycles.